The zero-order valence-corrected chi connectivity index (χ0v) is 17.3. The molecule has 9 heteroatoms. The lowest BCUT2D eigenvalue weighted by Crippen LogP contribution is -2.20. The molecule has 0 saturated carbocycles. The Balaban J connectivity index is 2.08. The maximum Gasteiger partial charge on any atom is 0.573 e. The Morgan fingerprint density at radius 1 is 1.13 bits per heavy atom. The maximum atomic E-state index is 13.2. The Labute approximate surface area is 176 Å². The number of hydrogen-bond acceptors (Lipinski definition) is 4. The number of aliphatic imine (C=N–C) groups is 1. The van der Waals surface area contributed by atoms with Crippen molar-refractivity contribution < 1.29 is 22.6 Å². The molecule has 0 saturated heterocycles. The van der Waals surface area contributed by atoms with Crippen molar-refractivity contribution in [1.29, 1.82) is 0 Å². The number of aromatic nitrogens is 2. The summed E-state index contributed by atoms with van der Waals surface area (Å²) < 4.78 is 48.7. The van der Waals surface area contributed by atoms with Crippen LogP contribution in [0.3, 0.4) is 0 Å². The van der Waals surface area contributed by atoms with Crippen molar-refractivity contribution >= 4 is 11.4 Å². The predicted molar refractivity (Wildman–Crippen MR) is 112 cm³/mol. The fourth-order valence-electron chi connectivity index (χ4n) is 3.20. The highest BCUT2D eigenvalue weighted by Crippen LogP contribution is 2.32. The number of rotatable bonds is 7. The lowest BCUT2D eigenvalue weighted by molar-refractivity contribution is -0.274. The van der Waals surface area contributed by atoms with E-state index in [4.69, 9.17) is 4.74 Å². The van der Waals surface area contributed by atoms with Crippen LogP contribution in [0, 0.1) is 0 Å². The summed E-state index contributed by atoms with van der Waals surface area (Å²) in [6, 6.07) is 12.5. The Morgan fingerprint density at radius 2 is 1.81 bits per heavy atom. The van der Waals surface area contributed by atoms with Crippen LogP contribution in [0.1, 0.15) is 31.5 Å². The molecule has 0 aliphatic heterocycles. The number of H-pyrrole nitrogens is 1. The minimum Gasteiger partial charge on any atom is -0.497 e. The first-order chi connectivity index (χ1) is 14.7. The van der Waals surface area contributed by atoms with Crippen LogP contribution in [-0.2, 0) is 6.42 Å². The van der Waals surface area contributed by atoms with Crippen molar-refractivity contribution in [3.63, 3.8) is 0 Å². The topological polar surface area (TPSA) is 68.6 Å². The minimum absolute atomic E-state index is 0.0172. The largest absolute Gasteiger partial charge is 0.573 e. The molecule has 0 unspecified atom stereocenters. The molecule has 0 fully saturated rings. The van der Waals surface area contributed by atoms with Crippen LogP contribution in [0.15, 0.2) is 58.3 Å². The van der Waals surface area contributed by atoms with Gasteiger partial charge in [0.2, 0.25) is 0 Å². The number of benzene rings is 2. The summed E-state index contributed by atoms with van der Waals surface area (Å²) in [4.78, 5) is 17.5. The van der Waals surface area contributed by atoms with Gasteiger partial charge in [-0.3, -0.25) is 9.89 Å². The van der Waals surface area contributed by atoms with E-state index in [-0.39, 0.29) is 17.0 Å². The lowest BCUT2D eigenvalue weighted by atomic mass is 10.1. The number of para-hydroxylation sites is 2. The second-order valence-corrected chi connectivity index (χ2v) is 6.77. The smallest absolute Gasteiger partial charge is 0.497 e. The van der Waals surface area contributed by atoms with E-state index < -0.39 is 12.1 Å². The Hall–Kier alpha value is -3.49. The number of halogens is 3. The van der Waals surface area contributed by atoms with Gasteiger partial charge in [0, 0.05) is 5.69 Å². The first-order valence-electron chi connectivity index (χ1n) is 9.62. The van der Waals surface area contributed by atoms with E-state index in [1.807, 2.05) is 6.92 Å². The van der Waals surface area contributed by atoms with Crippen molar-refractivity contribution in [2.24, 2.45) is 4.99 Å². The number of methoxy groups -OCH3 is 1. The van der Waals surface area contributed by atoms with Crippen molar-refractivity contribution in [1.82, 2.24) is 9.78 Å². The summed E-state index contributed by atoms with van der Waals surface area (Å²) in [5.74, 6) is 0.216. The van der Waals surface area contributed by atoms with Crippen LogP contribution < -0.4 is 15.0 Å². The molecule has 0 bridgehead atoms. The molecule has 3 aromatic rings. The molecule has 2 aromatic carbocycles. The summed E-state index contributed by atoms with van der Waals surface area (Å²) >= 11 is 0. The number of hydrogen-bond donors (Lipinski definition) is 1. The summed E-state index contributed by atoms with van der Waals surface area (Å²) in [5, 5.41) is 3.10. The van der Waals surface area contributed by atoms with Gasteiger partial charge in [-0.2, -0.15) is 0 Å². The van der Waals surface area contributed by atoms with E-state index in [9.17, 15) is 18.0 Å². The second kappa shape index (κ2) is 9.11. The van der Waals surface area contributed by atoms with Gasteiger partial charge in [-0.15, -0.1) is 13.2 Å². The minimum atomic E-state index is -4.85. The molecular formula is C22H22F3N3O3. The molecule has 1 heterocycles. The zero-order chi connectivity index (χ0) is 22.6. The van der Waals surface area contributed by atoms with Gasteiger partial charge in [0.15, 0.2) is 5.75 Å². The Morgan fingerprint density at radius 3 is 2.42 bits per heavy atom. The summed E-state index contributed by atoms with van der Waals surface area (Å²) in [7, 11) is 1.55. The quantitative estimate of drug-likeness (QED) is 0.523. The van der Waals surface area contributed by atoms with Crippen LogP contribution in [0.4, 0.5) is 18.9 Å². The first-order valence-corrected chi connectivity index (χ1v) is 9.62. The highest BCUT2D eigenvalue weighted by atomic mass is 19.4. The molecule has 0 aliphatic carbocycles. The number of aryl methyl sites for hydroxylation is 1. The van der Waals surface area contributed by atoms with Gasteiger partial charge in [-0.25, -0.2) is 9.67 Å². The van der Waals surface area contributed by atoms with Gasteiger partial charge in [0.25, 0.3) is 5.56 Å². The average molecular weight is 433 g/mol. The van der Waals surface area contributed by atoms with E-state index >= 15 is 0 Å². The van der Waals surface area contributed by atoms with Crippen molar-refractivity contribution in [2.75, 3.05) is 7.11 Å². The van der Waals surface area contributed by atoms with Crippen molar-refractivity contribution in [3.05, 3.63) is 70.1 Å². The Bertz CT molecular complexity index is 1130. The fraction of sp³-hybridized carbons (Fsp3) is 0.273. The van der Waals surface area contributed by atoms with Crippen molar-refractivity contribution in [3.8, 4) is 17.2 Å². The number of nitrogens with zero attached hydrogens (tertiary/aromatic N) is 2. The molecule has 0 radical (unpaired) electrons. The second-order valence-electron chi connectivity index (χ2n) is 6.77. The number of aromatic amines is 1. The predicted octanol–water partition coefficient (Wildman–Crippen LogP) is 5.17. The van der Waals surface area contributed by atoms with Crippen molar-refractivity contribution in [2.45, 2.75) is 33.1 Å². The molecule has 0 spiro atoms. The van der Waals surface area contributed by atoms with E-state index in [0.29, 0.717) is 29.1 Å². The SMILES string of the molecule is CCCc1[nH]n(-c2ccc(OC)cc2)c(=O)c1C(C)=Nc1ccccc1OC(F)(F)F. The maximum absolute atomic E-state index is 13.2. The van der Waals surface area contributed by atoms with Crippen LogP contribution in [0.2, 0.25) is 0 Å². The van der Waals surface area contributed by atoms with Gasteiger partial charge >= 0.3 is 6.36 Å². The van der Waals surface area contributed by atoms with E-state index in [1.165, 1.54) is 22.9 Å². The van der Waals surface area contributed by atoms with Crippen LogP contribution in [0.5, 0.6) is 11.5 Å². The fourth-order valence-corrected chi connectivity index (χ4v) is 3.20. The van der Waals surface area contributed by atoms with Gasteiger partial charge in [0.05, 0.1) is 24.1 Å². The third kappa shape index (κ3) is 5.17. The van der Waals surface area contributed by atoms with E-state index in [0.717, 1.165) is 6.42 Å². The van der Waals surface area contributed by atoms with E-state index in [1.54, 1.807) is 44.4 Å². The number of ether oxygens (including phenoxy) is 2. The third-order valence-electron chi connectivity index (χ3n) is 4.54. The summed E-state index contributed by atoms with van der Waals surface area (Å²) in [6.45, 7) is 3.55. The molecule has 1 N–H and O–H groups in total. The number of nitrogens with one attached hydrogen (secondary N) is 1. The molecule has 6 nitrogen and oxygen atoms in total. The normalized spacial score (nSPS) is 12.1. The van der Waals surface area contributed by atoms with Gasteiger partial charge < -0.3 is 9.47 Å². The monoisotopic (exact) mass is 433 g/mol. The summed E-state index contributed by atoms with van der Waals surface area (Å²) in [6.07, 6.45) is -3.51. The van der Waals surface area contributed by atoms with Gasteiger partial charge in [0.1, 0.15) is 11.4 Å². The third-order valence-corrected chi connectivity index (χ3v) is 4.54. The van der Waals surface area contributed by atoms with Crippen LogP contribution >= 0.6 is 0 Å². The standard InChI is InChI=1S/C22H22F3N3O3/c1-4-7-18-20(21(29)28(27-18)15-10-12-16(30-3)13-11-15)14(2)26-17-8-5-6-9-19(17)31-22(23,24)25/h5-6,8-13,27H,4,7H2,1-3H3. The first kappa shape index (κ1) is 22.2. The molecule has 31 heavy (non-hydrogen) atoms. The molecule has 164 valence electrons. The van der Waals surface area contributed by atoms with Gasteiger partial charge in [-0.1, -0.05) is 25.5 Å². The molecule has 0 amide bonds. The average Bonchev–Trinajstić information content (AvgIpc) is 3.05. The van der Waals surface area contributed by atoms with Crippen LogP contribution in [0.25, 0.3) is 5.69 Å². The molecule has 0 aliphatic rings. The highest BCUT2D eigenvalue weighted by molar-refractivity contribution is 6.01. The molecule has 3 rings (SSSR count). The van der Waals surface area contributed by atoms with E-state index in [2.05, 4.69) is 14.8 Å². The van der Waals surface area contributed by atoms with Crippen LogP contribution in [-0.4, -0.2) is 29.0 Å². The highest BCUT2D eigenvalue weighted by Gasteiger charge is 2.32. The summed E-state index contributed by atoms with van der Waals surface area (Å²) in [5.41, 5.74) is 1.50. The molecular weight excluding hydrogens is 411 g/mol. The van der Waals surface area contributed by atoms with Gasteiger partial charge in [-0.05, 0) is 49.7 Å². The number of alkyl halides is 3. The Kier molecular flexibility index (Phi) is 6.53. The molecule has 0 atom stereocenters. The zero-order valence-electron chi connectivity index (χ0n) is 17.3. The lowest BCUT2D eigenvalue weighted by Gasteiger charge is -2.11. The molecule has 1 aromatic heterocycles.